The van der Waals surface area contributed by atoms with Gasteiger partial charge in [-0.2, -0.15) is 0 Å². The molecule has 0 saturated heterocycles. The minimum atomic E-state index is -2.48. The molecule has 2 heterocycles. The Hall–Kier alpha value is -4.31. The van der Waals surface area contributed by atoms with E-state index in [0.717, 1.165) is 42.7 Å². The molecule has 43 heavy (non-hydrogen) atoms. The Morgan fingerprint density at radius 3 is 2.65 bits per heavy atom. The molecule has 1 aromatic heterocycles. The number of para-hydroxylation sites is 1. The van der Waals surface area contributed by atoms with Gasteiger partial charge in [0.2, 0.25) is 11.8 Å². The van der Waals surface area contributed by atoms with Gasteiger partial charge in [-0.15, -0.1) is 0 Å². The smallest absolute Gasteiger partial charge is 0.342 e. The van der Waals surface area contributed by atoms with Crippen molar-refractivity contribution < 1.29 is 28.2 Å². The van der Waals surface area contributed by atoms with Crippen molar-refractivity contribution in [2.75, 3.05) is 25.5 Å². The molecule has 0 unspecified atom stereocenters. The van der Waals surface area contributed by atoms with Crippen molar-refractivity contribution in [1.29, 1.82) is 5.41 Å². The first-order valence-corrected chi connectivity index (χ1v) is 14.3. The highest BCUT2D eigenvalue weighted by atomic mass is 19.3. The number of nitrogens with one attached hydrogen (secondary N) is 2. The molecule has 0 atom stereocenters. The zero-order chi connectivity index (χ0) is 30.7. The highest BCUT2D eigenvalue weighted by molar-refractivity contribution is 6.08. The fourth-order valence-corrected chi connectivity index (χ4v) is 5.96. The van der Waals surface area contributed by atoms with Crippen molar-refractivity contribution in [3.63, 3.8) is 0 Å². The molecule has 0 radical (unpaired) electrons. The lowest BCUT2D eigenvalue weighted by molar-refractivity contribution is -0.132. The van der Waals surface area contributed by atoms with Gasteiger partial charge >= 0.3 is 5.97 Å². The number of halogens is 2. The number of carboxylic acid groups (broad SMARTS) is 1. The third-order valence-electron chi connectivity index (χ3n) is 8.24. The number of benzene rings is 2. The van der Waals surface area contributed by atoms with E-state index in [9.17, 15) is 18.7 Å². The number of carbonyl (C=O) groups is 1. The molecule has 3 N–H and O–H groups in total. The molecule has 3 aromatic rings. The molecule has 5 rings (SSSR count). The number of rotatable bonds is 11. The van der Waals surface area contributed by atoms with Crippen LogP contribution in [-0.4, -0.2) is 53.3 Å². The zero-order valence-electron chi connectivity index (χ0n) is 24.5. The first-order chi connectivity index (χ1) is 20.6. The van der Waals surface area contributed by atoms with Crippen molar-refractivity contribution >= 4 is 18.0 Å². The lowest BCUT2D eigenvalue weighted by Crippen LogP contribution is -2.44. The number of alkyl halides is 2. The van der Waals surface area contributed by atoms with E-state index in [2.05, 4.69) is 34.3 Å². The van der Waals surface area contributed by atoms with Crippen molar-refractivity contribution in [3.8, 4) is 17.0 Å². The summed E-state index contributed by atoms with van der Waals surface area (Å²) in [5.74, 6) is -2.73. The summed E-state index contributed by atoms with van der Waals surface area (Å²) in [6.07, 6.45) is 1.61. The highest BCUT2D eigenvalue weighted by Crippen LogP contribution is 2.43. The van der Waals surface area contributed by atoms with Crippen LogP contribution in [0.4, 0.5) is 14.6 Å². The summed E-state index contributed by atoms with van der Waals surface area (Å²) in [5, 5.41) is 19.6. The van der Waals surface area contributed by atoms with Crippen LogP contribution in [0.25, 0.3) is 11.3 Å². The van der Waals surface area contributed by atoms with Gasteiger partial charge in [0.05, 0.1) is 12.8 Å². The van der Waals surface area contributed by atoms with Gasteiger partial charge in [-0.1, -0.05) is 30.3 Å². The van der Waals surface area contributed by atoms with Gasteiger partial charge < -0.3 is 25.3 Å². The van der Waals surface area contributed by atoms with Gasteiger partial charge in [0.1, 0.15) is 23.7 Å². The van der Waals surface area contributed by atoms with E-state index >= 15 is 0 Å². The number of ether oxygens (including phenoxy) is 2. The van der Waals surface area contributed by atoms with Gasteiger partial charge in [0, 0.05) is 44.3 Å². The first kappa shape index (κ1) is 30.2. The van der Waals surface area contributed by atoms with Crippen LogP contribution in [0.3, 0.4) is 0 Å². The van der Waals surface area contributed by atoms with Crippen molar-refractivity contribution in [2.45, 2.75) is 52.2 Å². The molecule has 1 fully saturated rings. The van der Waals surface area contributed by atoms with Crippen LogP contribution in [0.15, 0.2) is 60.0 Å². The van der Waals surface area contributed by atoms with Gasteiger partial charge in [0.15, 0.2) is 0 Å². The largest absolute Gasteiger partial charge is 0.488 e. The third-order valence-corrected chi connectivity index (χ3v) is 8.24. The van der Waals surface area contributed by atoms with Crippen molar-refractivity contribution in [1.82, 2.24) is 9.88 Å². The SMILES string of the molecule is CO/C(Nc1cccc(-c2cccc(C)c2OCc2ccc3c(c2C)CCN(CC2CC(F)(F)C2)C3)n1)=C(/C=N)C(=O)O. The van der Waals surface area contributed by atoms with E-state index in [1.807, 2.05) is 31.2 Å². The van der Waals surface area contributed by atoms with E-state index in [0.29, 0.717) is 30.1 Å². The fraction of sp³-hybridized carbons (Fsp3) is 0.364. The maximum atomic E-state index is 13.3. The number of anilines is 1. The van der Waals surface area contributed by atoms with E-state index in [4.69, 9.17) is 14.9 Å². The topological polar surface area (TPSA) is 108 Å². The number of aryl methyl sites for hydroxylation is 1. The number of hydrogen-bond acceptors (Lipinski definition) is 7. The predicted octanol–water partition coefficient (Wildman–Crippen LogP) is 6.35. The number of nitrogens with zero attached hydrogens (tertiary/aromatic N) is 2. The molecule has 8 nitrogen and oxygen atoms in total. The number of methoxy groups -OCH3 is 1. The van der Waals surface area contributed by atoms with Gasteiger partial charge in [-0.25, -0.2) is 18.6 Å². The predicted molar refractivity (Wildman–Crippen MR) is 161 cm³/mol. The molecule has 226 valence electrons. The Kier molecular flexibility index (Phi) is 8.77. The summed E-state index contributed by atoms with van der Waals surface area (Å²) in [4.78, 5) is 18.4. The van der Waals surface area contributed by atoms with Crippen LogP contribution in [0, 0.1) is 25.2 Å². The molecule has 2 aliphatic rings. The molecule has 1 aliphatic carbocycles. The van der Waals surface area contributed by atoms with Crippen LogP contribution < -0.4 is 10.1 Å². The molecular formula is C33H36F2N4O4. The quantitative estimate of drug-likeness (QED) is 0.136. The number of carboxylic acids is 1. The second-order valence-corrected chi connectivity index (χ2v) is 11.3. The number of fused-ring (bicyclic) bond motifs is 1. The monoisotopic (exact) mass is 590 g/mol. The summed E-state index contributed by atoms with van der Waals surface area (Å²) >= 11 is 0. The lowest BCUT2D eigenvalue weighted by atomic mass is 9.80. The van der Waals surface area contributed by atoms with Gasteiger partial charge in [0.25, 0.3) is 0 Å². The van der Waals surface area contributed by atoms with E-state index in [1.54, 1.807) is 12.1 Å². The molecule has 10 heteroatoms. The summed E-state index contributed by atoms with van der Waals surface area (Å²) in [6.45, 7) is 6.84. The second-order valence-electron chi connectivity index (χ2n) is 11.3. The number of pyridine rings is 1. The summed E-state index contributed by atoms with van der Waals surface area (Å²) in [5.41, 5.74) is 6.88. The Bertz CT molecular complexity index is 1560. The summed E-state index contributed by atoms with van der Waals surface area (Å²) in [7, 11) is 1.32. The maximum Gasteiger partial charge on any atom is 0.342 e. The number of aliphatic carboxylic acids is 1. The Labute approximate surface area is 249 Å². The van der Waals surface area contributed by atoms with Gasteiger partial charge in [-0.3, -0.25) is 4.90 Å². The standard InChI is InChI=1S/C33H36F2N4O4/c1-20-6-4-7-26(28-8-5-9-29(37-28)38-31(42-3)27(16-36)32(40)41)30(20)43-19-24-11-10-23-18-39(13-12-25(23)21(24)2)17-22-14-33(34,35)15-22/h4-11,16,22,36H,12-15,17-19H2,1-3H3,(H,37,38)(H,40,41)/b31-27-,36-16?. The van der Waals surface area contributed by atoms with Crippen LogP contribution in [0.5, 0.6) is 5.75 Å². The molecule has 1 aliphatic heterocycles. The number of aromatic nitrogens is 1. The molecule has 0 amide bonds. The Morgan fingerprint density at radius 2 is 1.95 bits per heavy atom. The van der Waals surface area contributed by atoms with Crippen LogP contribution in [0.1, 0.15) is 40.7 Å². The minimum absolute atomic E-state index is 0.00448. The molecule has 0 bridgehead atoms. The maximum absolute atomic E-state index is 13.3. The first-order valence-electron chi connectivity index (χ1n) is 14.3. The normalized spacial score (nSPS) is 16.9. The minimum Gasteiger partial charge on any atom is -0.488 e. The zero-order valence-corrected chi connectivity index (χ0v) is 24.5. The molecule has 1 saturated carbocycles. The average Bonchev–Trinajstić information content (AvgIpc) is 2.96. The second kappa shape index (κ2) is 12.5. The highest BCUT2D eigenvalue weighted by Gasteiger charge is 2.45. The third kappa shape index (κ3) is 6.69. The summed E-state index contributed by atoms with van der Waals surface area (Å²) in [6, 6.07) is 15.4. The average molecular weight is 591 g/mol. The number of hydrogen-bond donors (Lipinski definition) is 3. The van der Waals surface area contributed by atoms with Crippen LogP contribution >= 0.6 is 0 Å². The van der Waals surface area contributed by atoms with E-state index < -0.39 is 11.9 Å². The fourth-order valence-electron chi connectivity index (χ4n) is 5.96. The van der Waals surface area contributed by atoms with Crippen molar-refractivity contribution in [2.24, 2.45) is 5.92 Å². The van der Waals surface area contributed by atoms with Gasteiger partial charge in [-0.05, 0) is 72.2 Å². The van der Waals surface area contributed by atoms with Crippen LogP contribution in [-0.2, 0) is 29.1 Å². The van der Waals surface area contributed by atoms with E-state index in [-0.39, 0.29) is 30.2 Å². The Morgan fingerprint density at radius 1 is 1.19 bits per heavy atom. The molecular weight excluding hydrogens is 554 g/mol. The molecule has 0 spiro atoms. The van der Waals surface area contributed by atoms with Crippen molar-refractivity contribution in [3.05, 3.63) is 87.8 Å². The Balaban J connectivity index is 1.32. The van der Waals surface area contributed by atoms with Crippen LogP contribution in [0.2, 0.25) is 0 Å². The summed E-state index contributed by atoms with van der Waals surface area (Å²) < 4.78 is 38.2. The van der Waals surface area contributed by atoms with E-state index in [1.165, 1.54) is 23.8 Å². The molecule has 2 aromatic carbocycles. The lowest BCUT2D eigenvalue weighted by Gasteiger charge is -2.40.